The molecule has 0 unspecified atom stereocenters. The van der Waals surface area contributed by atoms with Crippen LogP contribution in [0.4, 0.5) is 0 Å². The Bertz CT molecular complexity index is 2170. The Balaban J connectivity index is 0.00000312. The standard InChI is InChI=1S/C39H28N3O.Pt/c1-39(2)32-18-7-6-16-29(32)30-23-31(36(43)24-33(30)39)38-41-37-28(17-11-20-35(37)42(38)27-14-4-3-5-15-27)25-12-10-13-26(22-25)34-19-8-9-21-40-34;/h3-21,23-24,43H,1-2H3;/q-1;. The molecule has 5 heteroatoms. The zero-order valence-corrected chi connectivity index (χ0v) is 26.5. The summed E-state index contributed by atoms with van der Waals surface area (Å²) in [7, 11) is 0. The second-order valence-electron chi connectivity index (χ2n) is 11.6. The molecule has 0 spiro atoms. The van der Waals surface area contributed by atoms with Crippen LogP contribution in [0, 0.1) is 6.07 Å². The van der Waals surface area contributed by atoms with Crippen LogP contribution in [0.5, 0.6) is 5.75 Å². The molecule has 2 heterocycles. The molecule has 216 valence electrons. The van der Waals surface area contributed by atoms with E-state index in [-0.39, 0.29) is 32.2 Å². The summed E-state index contributed by atoms with van der Waals surface area (Å²) in [5.74, 6) is 0.911. The number of pyridine rings is 1. The molecule has 0 aliphatic heterocycles. The number of hydrogen-bond acceptors (Lipinski definition) is 3. The van der Waals surface area contributed by atoms with E-state index in [1.165, 1.54) is 11.1 Å². The molecule has 0 radical (unpaired) electrons. The molecule has 7 aromatic rings. The zero-order valence-electron chi connectivity index (χ0n) is 24.2. The second kappa shape index (κ2) is 10.7. The number of benzene rings is 5. The molecule has 1 N–H and O–H groups in total. The fourth-order valence-electron chi connectivity index (χ4n) is 6.55. The van der Waals surface area contributed by atoms with Gasteiger partial charge in [0.15, 0.2) is 0 Å². The van der Waals surface area contributed by atoms with Gasteiger partial charge in [-0.25, -0.2) is 4.98 Å². The van der Waals surface area contributed by atoms with Gasteiger partial charge in [-0.05, 0) is 58.7 Å². The maximum absolute atomic E-state index is 11.6. The SMILES string of the molecule is CC1(C)c2ccccc2-c2cc(-c3nc4c(-c5[c-]c(-c6ccccn6)ccc5)cccc4n3-c3ccccc3)c(O)cc21.[Pt]. The van der Waals surface area contributed by atoms with Crippen molar-refractivity contribution in [3.8, 4) is 56.3 Å². The summed E-state index contributed by atoms with van der Waals surface area (Å²) in [6, 6.07) is 44.7. The number of hydrogen-bond donors (Lipinski definition) is 1. The molecular formula is C39H28N3OPt-. The predicted molar refractivity (Wildman–Crippen MR) is 173 cm³/mol. The quantitative estimate of drug-likeness (QED) is 0.183. The van der Waals surface area contributed by atoms with Crippen LogP contribution in [0.15, 0.2) is 128 Å². The van der Waals surface area contributed by atoms with Crippen molar-refractivity contribution in [3.63, 3.8) is 0 Å². The Morgan fingerprint density at radius 3 is 2.20 bits per heavy atom. The number of imidazole rings is 1. The van der Waals surface area contributed by atoms with Crippen molar-refractivity contribution in [2.45, 2.75) is 19.3 Å². The van der Waals surface area contributed by atoms with Gasteiger partial charge < -0.3 is 5.11 Å². The second-order valence-corrected chi connectivity index (χ2v) is 11.6. The van der Waals surface area contributed by atoms with Crippen molar-refractivity contribution in [1.82, 2.24) is 14.5 Å². The molecule has 44 heavy (non-hydrogen) atoms. The van der Waals surface area contributed by atoms with E-state index < -0.39 is 0 Å². The van der Waals surface area contributed by atoms with Crippen molar-refractivity contribution in [1.29, 1.82) is 0 Å². The largest absolute Gasteiger partial charge is 0.507 e. The predicted octanol–water partition coefficient (Wildman–Crippen LogP) is 9.23. The topological polar surface area (TPSA) is 50.9 Å². The molecule has 5 aromatic carbocycles. The summed E-state index contributed by atoms with van der Waals surface area (Å²) in [6.07, 6.45) is 1.80. The number of fused-ring (bicyclic) bond motifs is 4. The van der Waals surface area contributed by atoms with Gasteiger partial charge in [-0.2, -0.15) is 0 Å². The maximum atomic E-state index is 11.6. The van der Waals surface area contributed by atoms with E-state index in [9.17, 15) is 5.11 Å². The number of nitrogens with zero attached hydrogens (tertiary/aromatic N) is 3. The Morgan fingerprint density at radius 2 is 1.39 bits per heavy atom. The molecule has 2 aromatic heterocycles. The zero-order chi connectivity index (χ0) is 29.1. The Labute approximate surface area is 271 Å². The first-order valence-corrected chi connectivity index (χ1v) is 14.5. The number of phenols is 1. The number of rotatable bonds is 4. The third-order valence-electron chi connectivity index (χ3n) is 8.67. The maximum Gasteiger partial charge on any atom is 0.148 e. The smallest absolute Gasteiger partial charge is 0.148 e. The van der Waals surface area contributed by atoms with Crippen molar-refractivity contribution in [3.05, 3.63) is 145 Å². The summed E-state index contributed by atoms with van der Waals surface area (Å²) >= 11 is 0. The van der Waals surface area contributed by atoms with Crippen molar-refractivity contribution in [2.24, 2.45) is 0 Å². The van der Waals surface area contributed by atoms with E-state index in [0.717, 1.165) is 50.2 Å². The van der Waals surface area contributed by atoms with Crippen LogP contribution in [0.25, 0.3) is 61.6 Å². The van der Waals surface area contributed by atoms with Crippen LogP contribution in [0.1, 0.15) is 25.0 Å². The third-order valence-corrected chi connectivity index (χ3v) is 8.67. The third kappa shape index (κ3) is 4.32. The van der Waals surface area contributed by atoms with E-state index in [2.05, 4.69) is 96.2 Å². The monoisotopic (exact) mass is 749 g/mol. The van der Waals surface area contributed by atoms with Gasteiger partial charge in [-0.1, -0.05) is 91.7 Å². The summed E-state index contributed by atoms with van der Waals surface area (Å²) in [5.41, 5.74) is 11.7. The number of aromatic nitrogens is 3. The minimum atomic E-state index is -0.205. The Hall–Kier alpha value is -4.79. The first-order valence-electron chi connectivity index (χ1n) is 14.5. The van der Waals surface area contributed by atoms with Gasteiger partial charge in [0.25, 0.3) is 0 Å². The van der Waals surface area contributed by atoms with Gasteiger partial charge in [-0.3, -0.25) is 9.55 Å². The molecule has 1 aliphatic carbocycles. The number of para-hydroxylation sites is 2. The van der Waals surface area contributed by atoms with Gasteiger partial charge in [0.05, 0.1) is 16.6 Å². The van der Waals surface area contributed by atoms with Crippen molar-refractivity contribution < 1.29 is 26.2 Å². The van der Waals surface area contributed by atoms with Crippen LogP contribution in [0.3, 0.4) is 0 Å². The van der Waals surface area contributed by atoms with E-state index in [1.54, 1.807) is 6.20 Å². The Kier molecular flexibility index (Phi) is 6.83. The van der Waals surface area contributed by atoms with Gasteiger partial charge in [0, 0.05) is 44.1 Å². The van der Waals surface area contributed by atoms with E-state index in [4.69, 9.17) is 4.98 Å². The molecule has 0 saturated carbocycles. The van der Waals surface area contributed by atoms with E-state index >= 15 is 0 Å². The molecular weight excluding hydrogens is 722 g/mol. The fraction of sp³-hybridized carbons (Fsp3) is 0.0769. The molecule has 1 aliphatic rings. The fourth-order valence-corrected chi connectivity index (χ4v) is 6.55. The first-order chi connectivity index (χ1) is 21.0. The minimum absolute atomic E-state index is 0. The summed E-state index contributed by atoms with van der Waals surface area (Å²) in [5, 5.41) is 11.6. The van der Waals surface area contributed by atoms with Gasteiger partial charge in [-0.15, -0.1) is 29.8 Å². The summed E-state index contributed by atoms with van der Waals surface area (Å²) in [4.78, 5) is 9.81. The van der Waals surface area contributed by atoms with Crippen LogP contribution in [-0.4, -0.2) is 19.6 Å². The number of phenolic OH excluding ortho intramolecular Hbond substituents is 1. The molecule has 8 rings (SSSR count). The van der Waals surface area contributed by atoms with Crippen LogP contribution < -0.4 is 0 Å². The average molecular weight is 750 g/mol. The van der Waals surface area contributed by atoms with Crippen molar-refractivity contribution in [2.75, 3.05) is 0 Å². The van der Waals surface area contributed by atoms with E-state index in [1.807, 2.05) is 54.6 Å². The molecule has 0 fully saturated rings. The molecule has 0 amide bonds. The Morgan fingerprint density at radius 1 is 0.659 bits per heavy atom. The summed E-state index contributed by atoms with van der Waals surface area (Å²) < 4.78 is 2.15. The average Bonchev–Trinajstić information content (AvgIpc) is 3.54. The molecule has 0 saturated heterocycles. The molecule has 4 nitrogen and oxygen atoms in total. The van der Waals surface area contributed by atoms with Gasteiger partial charge in [0.2, 0.25) is 0 Å². The normalized spacial score (nSPS) is 12.9. The summed E-state index contributed by atoms with van der Waals surface area (Å²) in [6.45, 7) is 4.44. The van der Waals surface area contributed by atoms with Crippen LogP contribution in [0.2, 0.25) is 0 Å². The molecule has 0 atom stereocenters. The number of aromatic hydroxyl groups is 1. The van der Waals surface area contributed by atoms with Crippen molar-refractivity contribution >= 4 is 11.0 Å². The van der Waals surface area contributed by atoms with Crippen LogP contribution >= 0.6 is 0 Å². The first kappa shape index (κ1) is 28.0. The minimum Gasteiger partial charge on any atom is -0.507 e. The van der Waals surface area contributed by atoms with Crippen LogP contribution in [-0.2, 0) is 26.5 Å². The van der Waals surface area contributed by atoms with Gasteiger partial charge in [0.1, 0.15) is 11.6 Å². The van der Waals surface area contributed by atoms with E-state index in [0.29, 0.717) is 11.4 Å². The van der Waals surface area contributed by atoms with Gasteiger partial charge >= 0.3 is 0 Å². The molecule has 0 bridgehead atoms.